The second-order valence-electron chi connectivity index (χ2n) is 4.02. The monoisotopic (exact) mass is 336 g/mol. The molecule has 2 N–H and O–H groups in total. The molecule has 18 heavy (non-hydrogen) atoms. The van der Waals surface area contributed by atoms with Gasteiger partial charge in [0.05, 0.1) is 16.2 Å². The first-order chi connectivity index (χ1) is 8.27. The number of aromatic carboxylic acids is 1. The molecule has 0 bridgehead atoms. The lowest BCUT2D eigenvalue weighted by atomic mass is 10.2. The lowest BCUT2D eigenvalue weighted by Crippen LogP contribution is -2.17. The zero-order chi connectivity index (χ0) is 13.9. The number of carboxylic acid groups (broad SMARTS) is 1. The summed E-state index contributed by atoms with van der Waals surface area (Å²) in [7, 11) is -3.63. The molecule has 1 rings (SSSR count). The van der Waals surface area contributed by atoms with E-state index in [4.69, 9.17) is 10.2 Å². The fourth-order valence-corrected chi connectivity index (χ4v) is 4.08. The highest BCUT2D eigenvalue weighted by Gasteiger charge is 2.22. The van der Waals surface area contributed by atoms with E-state index in [1.165, 1.54) is 12.1 Å². The minimum Gasteiger partial charge on any atom is -0.478 e. The van der Waals surface area contributed by atoms with Gasteiger partial charge in [0.2, 0.25) is 0 Å². The maximum Gasteiger partial charge on any atom is 0.335 e. The van der Waals surface area contributed by atoms with Crippen molar-refractivity contribution in [1.82, 2.24) is 0 Å². The molecule has 0 aliphatic carbocycles. The number of carboxylic acids is 1. The number of aliphatic hydroxyl groups is 1. The molecule has 1 aromatic rings. The Morgan fingerprint density at radius 1 is 1.44 bits per heavy atom. The average Bonchev–Trinajstić information content (AvgIpc) is 2.28. The highest BCUT2D eigenvalue weighted by molar-refractivity contribution is 9.10. The van der Waals surface area contributed by atoms with Gasteiger partial charge < -0.3 is 10.2 Å². The lowest BCUT2D eigenvalue weighted by molar-refractivity contribution is 0.0696. The molecule has 0 heterocycles. The van der Waals surface area contributed by atoms with Crippen molar-refractivity contribution in [2.24, 2.45) is 5.92 Å². The van der Waals surface area contributed by atoms with Crippen LogP contribution in [0.25, 0.3) is 0 Å². The standard InChI is InChI=1S/C11H13BrO5S/c1-7(5-13)6-18(16,17)10-4-8(11(14)15)2-3-9(10)12/h2-4,7,13H,5-6H2,1H3,(H,14,15). The summed E-state index contributed by atoms with van der Waals surface area (Å²) in [6.07, 6.45) is 0. The van der Waals surface area contributed by atoms with E-state index in [2.05, 4.69) is 15.9 Å². The van der Waals surface area contributed by atoms with Crippen molar-refractivity contribution >= 4 is 31.7 Å². The van der Waals surface area contributed by atoms with Gasteiger partial charge in [0.25, 0.3) is 0 Å². The maximum atomic E-state index is 12.1. The summed E-state index contributed by atoms with van der Waals surface area (Å²) in [5, 5.41) is 17.7. The van der Waals surface area contributed by atoms with Crippen LogP contribution in [0.1, 0.15) is 17.3 Å². The minimum atomic E-state index is -3.63. The SMILES string of the molecule is CC(CO)CS(=O)(=O)c1cc(C(=O)O)ccc1Br. The molecule has 0 aromatic heterocycles. The van der Waals surface area contributed by atoms with Gasteiger partial charge in [0.15, 0.2) is 9.84 Å². The fourth-order valence-electron chi connectivity index (χ4n) is 1.39. The Balaban J connectivity index is 3.23. The molecule has 7 heteroatoms. The third-order valence-electron chi connectivity index (χ3n) is 2.33. The van der Waals surface area contributed by atoms with Gasteiger partial charge in [-0.05, 0) is 40.0 Å². The predicted octanol–water partition coefficient (Wildman–Crippen LogP) is 1.55. The molecule has 1 aromatic carbocycles. The highest BCUT2D eigenvalue weighted by Crippen LogP contribution is 2.25. The van der Waals surface area contributed by atoms with Gasteiger partial charge >= 0.3 is 5.97 Å². The molecule has 0 saturated heterocycles. The van der Waals surface area contributed by atoms with Gasteiger partial charge in [-0.3, -0.25) is 0 Å². The lowest BCUT2D eigenvalue weighted by Gasteiger charge is -2.11. The van der Waals surface area contributed by atoms with Crippen molar-refractivity contribution in [3.63, 3.8) is 0 Å². The van der Waals surface area contributed by atoms with Crippen molar-refractivity contribution in [3.05, 3.63) is 28.2 Å². The van der Waals surface area contributed by atoms with Crippen LogP contribution in [0.5, 0.6) is 0 Å². The quantitative estimate of drug-likeness (QED) is 0.851. The molecule has 0 aliphatic heterocycles. The summed E-state index contributed by atoms with van der Waals surface area (Å²) in [5.74, 6) is -1.82. The van der Waals surface area contributed by atoms with Crippen LogP contribution in [0.3, 0.4) is 0 Å². The average molecular weight is 337 g/mol. The number of sulfone groups is 1. The minimum absolute atomic E-state index is 0.0669. The van der Waals surface area contributed by atoms with Gasteiger partial charge in [0.1, 0.15) is 0 Å². The molecule has 0 spiro atoms. The van der Waals surface area contributed by atoms with Gasteiger partial charge in [-0.2, -0.15) is 0 Å². The summed E-state index contributed by atoms with van der Waals surface area (Å²) >= 11 is 3.09. The first-order valence-electron chi connectivity index (χ1n) is 5.14. The molecule has 100 valence electrons. The zero-order valence-electron chi connectivity index (χ0n) is 9.63. The van der Waals surface area contributed by atoms with Crippen LogP contribution in [0.15, 0.2) is 27.6 Å². The van der Waals surface area contributed by atoms with E-state index in [9.17, 15) is 13.2 Å². The molecule has 0 aliphatic rings. The number of benzene rings is 1. The first kappa shape index (κ1) is 15.1. The first-order valence-corrected chi connectivity index (χ1v) is 7.59. The van der Waals surface area contributed by atoms with Crippen molar-refractivity contribution in [1.29, 1.82) is 0 Å². The maximum absolute atomic E-state index is 12.1. The molecular weight excluding hydrogens is 324 g/mol. The molecule has 0 radical (unpaired) electrons. The number of hydrogen-bond acceptors (Lipinski definition) is 4. The van der Waals surface area contributed by atoms with Gasteiger partial charge in [-0.25, -0.2) is 13.2 Å². The number of halogens is 1. The molecule has 0 amide bonds. The molecule has 0 fully saturated rings. The van der Waals surface area contributed by atoms with Gasteiger partial charge in [0, 0.05) is 11.1 Å². The van der Waals surface area contributed by atoms with Crippen molar-refractivity contribution < 1.29 is 23.4 Å². The molecular formula is C11H13BrO5S. The van der Waals surface area contributed by atoms with E-state index in [-0.39, 0.29) is 22.8 Å². The second-order valence-corrected chi connectivity index (χ2v) is 6.88. The van der Waals surface area contributed by atoms with E-state index < -0.39 is 21.7 Å². The number of hydrogen-bond donors (Lipinski definition) is 2. The number of aliphatic hydroxyl groups excluding tert-OH is 1. The van der Waals surface area contributed by atoms with Gasteiger partial charge in [-0.1, -0.05) is 6.92 Å². The third-order valence-corrected chi connectivity index (χ3v) is 5.30. The molecule has 1 unspecified atom stereocenters. The summed E-state index contributed by atoms with van der Waals surface area (Å²) in [4.78, 5) is 10.8. The van der Waals surface area contributed by atoms with Crippen LogP contribution in [-0.4, -0.2) is 37.0 Å². The Bertz CT molecular complexity index is 553. The van der Waals surface area contributed by atoms with E-state index in [0.29, 0.717) is 4.47 Å². The van der Waals surface area contributed by atoms with E-state index in [1.807, 2.05) is 0 Å². The predicted molar refractivity (Wildman–Crippen MR) is 69.4 cm³/mol. The van der Waals surface area contributed by atoms with Crippen molar-refractivity contribution in [3.8, 4) is 0 Å². The topological polar surface area (TPSA) is 91.7 Å². The van der Waals surface area contributed by atoms with Crippen LogP contribution < -0.4 is 0 Å². The Morgan fingerprint density at radius 3 is 2.56 bits per heavy atom. The summed E-state index contributed by atoms with van der Waals surface area (Å²) in [5.41, 5.74) is -0.0894. The Labute approximate surface area is 113 Å². The highest BCUT2D eigenvalue weighted by atomic mass is 79.9. The van der Waals surface area contributed by atoms with E-state index >= 15 is 0 Å². The Hall–Kier alpha value is -0.920. The molecule has 1 atom stereocenters. The van der Waals surface area contributed by atoms with Crippen LogP contribution in [0, 0.1) is 5.92 Å². The zero-order valence-corrected chi connectivity index (χ0v) is 12.0. The van der Waals surface area contributed by atoms with Crippen LogP contribution in [0.4, 0.5) is 0 Å². The smallest absolute Gasteiger partial charge is 0.335 e. The number of rotatable bonds is 5. The normalized spacial score (nSPS) is 13.3. The molecule has 0 saturated carbocycles. The second kappa shape index (κ2) is 5.81. The van der Waals surface area contributed by atoms with E-state index in [1.54, 1.807) is 6.92 Å². The summed E-state index contributed by atoms with van der Waals surface area (Å²) in [6.45, 7) is 1.36. The summed E-state index contributed by atoms with van der Waals surface area (Å²) in [6, 6.07) is 3.83. The van der Waals surface area contributed by atoms with E-state index in [0.717, 1.165) is 6.07 Å². The van der Waals surface area contributed by atoms with Crippen LogP contribution in [-0.2, 0) is 9.84 Å². The fraction of sp³-hybridized carbons (Fsp3) is 0.364. The van der Waals surface area contributed by atoms with Crippen molar-refractivity contribution in [2.45, 2.75) is 11.8 Å². The molecule has 5 nitrogen and oxygen atoms in total. The number of carbonyl (C=O) groups is 1. The Kier molecular flexibility index (Phi) is 4.89. The van der Waals surface area contributed by atoms with Crippen LogP contribution in [0.2, 0.25) is 0 Å². The van der Waals surface area contributed by atoms with Crippen LogP contribution >= 0.6 is 15.9 Å². The third kappa shape index (κ3) is 3.54. The largest absolute Gasteiger partial charge is 0.478 e. The van der Waals surface area contributed by atoms with Gasteiger partial charge in [-0.15, -0.1) is 0 Å². The summed E-state index contributed by atoms with van der Waals surface area (Å²) < 4.78 is 24.4. The Morgan fingerprint density at radius 2 is 2.06 bits per heavy atom. The van der Waals surface area contributed by atoms with Crippen molar-refractivity contribution in [2.75, 3.05) is 12.4 Å².